The Balaban J connectivity index is 1.43. The topological polar surface area (TPSA) is 117 Å². The lowest BCUT2D eigenvalue weighted by Gasteiger charge is -2.20. The van der Waals surface area contributed by atoms with Gasteiger partial charge in [-0.05, 0) is 31.9 Å². The van der Waals surface area contributed by atoms with E-state index in [9.17, 15) is 23.6 Å². The average Bonchev–Trinajstić information content (AvgIpc) is 3.25. The zero-order valence-electron chi connectivity index (χ0n) is 16.0. The summed E-state index contributed by atoms with van der Waals surface area (Å²) in [5.74, 6) is -2.25. The molecule has 0 radical (unpaired) electrons. The molecule has 1 aliphatic heterocycles. The molecule has 1 atom stereocenters. The summed E-state index contributed by atoms with van der Waals surface area (Å²) in [5.41, 5.74) is 3.56. The van der Waals surface area contributed by atoms with E-state index < -0.39 is 35.3 Å². The quantitative estimate of drug-likeness (QED) is 0.481. The molecule has 3 N–H and O–H groups in total. The second-order valence-corrected chi connectivity index (χ2v) is 7.15. The molecule has 1 spiro atoms. The average molecular weight is 406 g/mol. The molecule has 1 unspecified atom stereocenters. The minimum Gasteiger partial charge on any atom is -0.478 e. The Morgan fingerprint density at radius 3 is 2.62 bits per heavy atom. The van der Waals surface area contributed by atoms with Crippen LogP contribution in [-0.4, -0.2) is 46.8 Å². The van der Waals surface area contributed by atoms with Gasteiger partial charge in [-0.25, -0.2) is 9.18 Å². The number of nitrogens with one attached hydrogen (secondary N) is 3. The molecule has 1 saturated carbocycles. The van der Waals surface area contributed by atoms with Crippen LogP contribution in [0.2, 0.25) is 0 Å². The van der Waals surface area contributed by atoms with Crippen LogP contribution in [0.15, 0.2) is 24.3 Å². The lowest BCUT2D eigenvalue weighted by molar-refractivity contribution is -0.134. The smallest absolute Gasteiger partial charge is 0.325 e. The summed E-state index contributed by atoms with van der Waals surface area (Å²) in [6.45, 7) is 1.32. The van der Waals surface area contributed by atoms with Crippen LogP contribution in [-0.2, 0) is 14.4 Å². The largest absolute Gasteiger partial charge is 0.478 e. The number of rotatable bonds is 6. The molecule has 1 saturated heterocycles. The van der Waals surface area contributed by atoms with Crippen molar-refractivity contribution in [3.63, 3.8) is 0 Å². The standard InChI is InChI=1S/C19H23FN4O5/c1-12(29-14-7-3-2-6-13(14)20)16(26)23-22-15(25)8-11-24-17(27)19(21-18(24)28)9-4-5-10-19/h2-3,6-7,12H,4-5,8-11H2,1H3,(H,21,28)(H,22,25)(H,23,26). The Labute approximate surface area is 166 Å². The molecular weight excluding hydrogens is 383 g/mol. The number of nitrogens with zero attached hydrogens (tertiary/aromatic N) is 1. The van der Waals surface area contributed by atoms with Crippen LogP contribution in [0, 0.1) is 5.82 Å². The molecule has 0 bridgehead atoms. The van der Waals surface area contributed by atoms with Gasteiger partial charge in [0.15, 0.2) is 17.7 Å². The second-order valence-electron chi connectivity index (χ2n) is 7.15. The van der Waals surface area contributed by atoms with Crippen molar-refractivity contribution in [2.24, 2.45) is 0 Å². The number of hydrogen-bond acceptors (Lipinski definition) is 5. The SMILES string of the molecule is CC(Oc1ccccc1F)C(=O)NNC(=O)CCN1C(=O)NC2(CCCC2)C1=O. The highest BCUT2D eigenvalue weighted by atomic mass is 19.1. The number of ether oxygens (including phenoxy) is 1. The van der Waals surface area contributed by atoms with Gasteiger partial charge in [0.25, 0.3) is 11.8 Å². The van der Waals surface area contributed by atoms with Crippen molar-refractivity contribution in [3.05, 3.63) is 30.1 Å². The predicted octanol–water partition coefficient (Wildman–Crippen LogP) is 0.995. The van der Waals surface area contributed by atoms with Crippen molar-refractivity contribution >= 4 is 23.8 Å². The zero-order valence-corrected chi connectivity index (χ0v) is 16.0. The van der Waals surface area contributed by atoms with Gasteiger partial charge in [0.1, 0.15) is 5.54 Å². The first-order valence-electron chi connectivity index (χ1n) is 9.46. The van der Waals surface area contributed by atoms with Crippen molar-refractivity contribution in [1.82, 2.24) is 21.1 Å². The van der Waals surface area contributed by atoms with E-state index in [4.69, 9.17) is 4.74 Å². The van der Waals surface area contributed by atoms with Crippen LogP contribution in [0.4, 0.5) is 9.18 Å². The number of carbonyl (C=O) groups excluding carboxylic acids is 4. The van der Waals surface area contributed by atoms with E-state index in [1.807, 2.05) is 0 Å². The van der Waals surface area contributed by atoms with E-state index in [1.54, 1.807) is 6.07 Å². The number of halogens is 1. The number of urea groups is 1. The maximum absolute atomic E-state index is 13.6. The van der Waals surface area contributed by atoms with E-state index in [0.29, 0.717) is 12.8 Å². The fourth-order valence-electron chi connectivity index (χ4n) is 3.49. The molecule has 1 aromatic carbocycles. The Bertz CT molecular complexity index is 825. The van der Waals surface area contributed by atoms with E-state index in [-0.39, 0.29) is 24.6 Å². The van der Waals surface area contributed by atoms with Crippen molar-refractivity contribution in [2.45, 2.75) is 50.7 Å². The number of hydrogen-bond donors (Lipinski definition) is 3. The Morgan fingerprint density at radius 1 is 1.24 bits per heavy atom. The summed E-state index contributed by atoms with van der Waals surface area (Å²) in [5, 5.41) is 2.73. The number of carbonyl (C=O) groups is 4. The molecule has 10 heteroatoms. The summed E-state index contributed by atoms with van der Waals surface area (Å²) in [6.07, 6.45) is 1.74. The minimum absolute atomic E-state index is 0.0825. The van der Waals surface area contributed by atoms with Crippen molar-refractivity contribution in [2.75, 3.05) is 6.54 Å². The molecule has 2 aliphatic rings. The second kappa shape index (κ2) is 8.46. The van der Waals surface area contributed by atoms with Crippen LogP contribution in [0.25, 0.3) is 0 Å². The van der Waals surface area contributed by atoms with E-state index in [1.165, 1.54) is 25.1 Å². The number of para-hydroxylation sites is 1. The third kappa shape index (κ3) is 4.47. The third-order valence-electron chi connectivity index (χ3n) is 5.10. The van der Waals surface area contributed by atoms with Gasteiger partial charge in [-0.1, -0.05) is 25.0 Å². The molecule has 1 aliphatic carbocycles. The molecule has 5 amide bonds. The number of hydrazine groups is 1. The summed E-state index contributed by atoms with van der Waals surface area (Å²) in [6, 6.07) is 5.14. The zero-order chi connectivity index (χ0) is 21.0. The molecule has 29 heavy (non-hydrogen) atoms. The van der Waals surface area contributed by atoms with Crippen LogP contribution in [0.5, 0.6) is 5.75 Å². The fraction of sp³-hybridized carbons (Fsp3) is 0.474. The van der Waals surface area contributed by atoms with Crippen molar-refractivity contribution in [3.8, 4) is 5.75 Å². The molecule has 9 nitrogen and oxygen atoms in total. The monoisotopic (exact) mass is 406 g/mol. The highest BCUT2D eigenvalue weighted by molar-refractivity contribution is 6.07. The minimum atomic E-state index is -1.06. The molecule has 2 fully saturated rings. The molecular formula is C19H23FN4O5. The fourth-order valence-corrected chi connectivity index (χ4v) is 3.49. The van der Waals surface area contributed by atoms with Gasteiger partial charge >= 0.3 is 6.03 Å². The molecule has 1 aromatic rings. The van der Waals surface area contributed by atoms with Gasteiger partial charge in [-0.3, -0.25) is 30.1 Å². The van der Waals surface area contributed by atoms with Gasteiger partial charge in [-0.2, -0.15) is 0 Å². The highest BCUT2D eigenvalue weighted by Crippen LogP contribution is 2.34. The summed E-state index contributed by atoms with van der Waals surface area (Å²) < 4.78 is 18.8. The molecule has 1 heterocycles. The van der Waals surface area contributed by atoms with Crippen LogP contribution in [0.1, 0.15) is 39.0 Å². The first kappa shape index (κ1) is 20.6. The maximum atomic E-state index is 13.6. The van der Waals surface area contributed by atoms with Crippen molar-refractivity contribution < 1.29 is 28.3 Å². The maximum Gasteiger partial charge on any atom is 0.325 e. The Morgan fingerprint density at radius 2 is 1.93 bits per heavy atom. The third-order valence-corrected chi connectivity index (χ3v) is 5.10. The number of imide groups is 1. The molecule has 0 aromatic heterocycles. The van der Waals surface area contributed by atoms with E-state index in [2.05, 4.69) is 16.2 Å². The lowest BCUT2D eigenvalue weighted by Crippen LogP contribution is -2.48. The first-order valence-corrected chi connectivity index (χ1v) is 9.46. The summed E-state index contributed by atoms with van der Waals surface area (Å²) in [7, 11) is 0. The predicted molar refractivity (Wildman–Crippen MR) is 98.8 cm³/mol. The number of amides is 5. The van der Waals surface area contributed by atoms with Gasteiger partial charge in [0, 0.05) is 13.0 Å². The normalized spacial score (nSPS) is 18.5. The number of benzene rings is 1. The van der Waals surface area contributed by atoms with Gasteiger partial charge in [0.05, 0.1) is 0 Å². The Hall–Kier alpha value is -3.17. The summed E-state index contributed by atoms with van der Waals surface area (Å²) >= 11 is 0. The van der Waals surface area contributed by atoms with Crippen LogP contribution in [0.3, 0.4) is 0 Å². The van der Waals surface area contributed by atoms with E-state index >= 15 is 0 Å². The van der Waals surface area contributed by atoms with Gasteiger partial charge in [-0.15, -0.1) is 0 Å². The van der Waals surface area contributed by atoms with E-state index in [0.717, 1.165) is 17.7 Å². The summed E-state index contributed by atoms with van der Waals surface area (Å²) in [4.78, 5) is 49.6. The van der Waals surface area contributed by atoms with Gasteiger partial charge in [0.2, 0.25) is 5.91 Å². The molecule has 156 valence electrons. The lowest BCUT2D eigenvalue weighted by atomic mass is 9.98. The Kier molecular flexibility index (Phi) is 6.00. The van der Waals surface area contributed by atoms with Crippen molar-refractivity contribution in [1.29, 1.82) is 0 Å². The highest BCUT2D eigenvalue weighted by Gasteiger charge is 2.52. The van der Waals surface area contributed by atoms with Crippen LogP contribution >= 0.6 is 0 Å². The molecule has 3 rings (SSSR count). The van der Waals surface area contributed by atoms with Crippen LogP contribution < -0.4 is 20.9 Å². The first-order chi connectivity index (χ1) is 13.8. The van der Waals surface area contributed by atoms with Gasteiger partial charge < -0.3 is 10.1 Å².